The van der Waals surface area contributed by atoms with Crippen molar-refractivity contribution in [1.29, 1.82) is 0 Å². The van der Waals surface area contributed by atoms with Gasteiger partial charge in [-0.3, -0.25) is 0 Å². The molecule has 0 spiro atoms. The highest BCUT2D eigenvalue weighted by molar-refractivity contribution is 7.71. The molecule has 1 aromatic heterocycles. The Hall–Kier alpha value is -2.08. The Morgan fingerprint density at radius 2 is 2.09 bits per heavy atom. The van der Waals surface area contributed by atoms with Gasteiger partial charge in [-0.25, -0.2) is 4.79 Å². The highest BCUT2D eigenvalue weighted by atomic mass is 32.1. The lowest BCUT2D eigenvalue weighted by Crippen LogP contribution is -2.11. The molecule has 0 bridgehead atoms. The summed E-state index contributed by atoms with van der Waals surface area (Å²) < 4.78 is 18.7. The number of nitrogens with zero attached hydrogens (tertiary/aromatic N) is 1. The Morgan fingerprint density at radius 3 is 2.78 bits per heavy atom. The van der Waals surface area contributed by atoms with E-state index in [1.54, 1.807) is 6.92 Å². The van der Waals surface area contributed by atoms with Gasteiger partial charge in [0.05, 0.1) is 22.2 Å². The van der Waals surface area contributed by atoms with Crippen LogP contribution in [0.25, 0.3) is 10.9 Å². The standard InChI is InChI=1S/C17H17NO4S/c1-2-20-17(19)12-8-18(7-10-3-4-10)13-6-15-14(21-9-22-15)5-11(13)16(12)23/h5-6,8,10H,2-4,7,9H2,1H3. The molecule has 0 amide bonds. The van der Waals surface area contributed by atoms with Crippen LogP contribution in [0.4, 0.5) is 0 Å². The van der Waals surface area contributed by atoms with Gasteiger partial charge in [0.25, 0.3) is 0 Å². The van der Waals surface area contributed by atoms with Gasteiger partial charge in [0.2, 0.25) is 6.79 Å². The molecule has 0 radical (unpaired) electrons. The second-order valence-electron chi connectivity index (χ2n) is 5.91. The van der Waals surface area contributed by atoms with Crippen LogP contribution in [0.3, 0.4) is 0 Å². The molecule has 0 unspecified atom stereocenters. The minimum atomic E-state index is -0.374. The first kappa shape index (κ1) is 14.5. The molecule has 120 valence electrons. The number of rotatable bonds is 4. The quantitative estimate of drug-likeness (QED) is 0.632. The molecule has 1 fully saturated rings. The molecule has 2 heterocycles. The topological polar surface area (TPSA) is 49.7 Å². The van der Waals surface area contributed by atoms with Gasteiger partial charge in [0.15, 0.2) is 11.5 Å². The summed E-state index contributed by atoms with van der Waals surface area (Å²) in [6.45, 7) is 3.21. The van der Waals surface area contributed by atoms with Crippen LogP contribution in [0, 0.1) is 10.4 Å². The molecule has 1 aliphatic heterocycles. The lowest BCUT2D eigenvalue weighted by molar-refractivity contribution is 0.0525. The van der Waals surface area contributed by atoms with E-state index < -0.39 is 0 Å². The minimum absolute atomic E-state index is 0.214. The third-order valence-electron chi connectivity index (χ3n) is 4.22. The van der Waals surface area contributed by atoms with Crippen LogP contribution in [-0.2, 0) is 11.3 Å². The largest absolute Gasteiger partial charge is 0.462 e. The van der Waals surface area contributed by atoms with Gasteiger partial charge in [-0.05, 0) is 31.7 Å². The first-order valence-corrected chi connectivity index (χ1v) is 8.22. The fraction of sp³-hybridized carbons (Fsp3) is 0.412. The third-order valence-corrected chi connectivity index (χ3v) is 4.66. The number of hydrogen-bond donors (Lipinski definition) is 0. The minimum Gasteiger partial charge on any atom is -0.462 e. The Bertz CT molecular complexity index is 854. The number of fused-ring (bicyclic) bond motifs is 2. The van der Waals surface area contributed by atoms with Crippen molar-refractivity contribution in [3.8, 4) is 11.5 Å². The molecule has 2 aliphatic rings. The summed E-state index contributed by atoms with van der Waals surface area (Å²) in [5.41, 5.74) is 1.41. The van der Waals surface area contributed by atoms with E-state index in [0.717, 1.165) is 23.2 Å². The fourth-order valence-corrected chi connectivity index (χ4v) is 3.16. The molecule has 4 rings (SSSR count). The van der Waals surface area contributed by atoms with Crippen molar-refractivity contribution in [2.75, 3.05) is 13.4 Å². The van der Waals surface area contributed by atoms with Gasteiger partial charge in [0.1, 0.15) is 0 Å². The molecule has 23 heavy (non-hydrogen) atoms. The molecular formula is C17H17NO4S. The number of aromatic nitrogens is 1. The van der Waals surface area contributed by atoms with Crippen molar-refractivity contribution >= 4 is 29.1 Å². The predicted molar refractivity (Wildman–Crippen MR) is 87.6 cm³/mol. The number of pyridine rings is 1. The molecule has 2 aromatic rings. The molecule has 0 N–H and O–H groups in total. The molecule has 1 aliphatic carbocycles. The van der Waals surface area contributed by atoms with E-state index in [2.05, 4.69) is 4.57 Å². The van der Waals surface area contributed by atoms with E-state index in [-0.39, 0.29) is 12.8 Å². The van der Waals surface area contributed by atoms with Gasteiger partial charge >= 0.3 is 5.97 Å². The summed E-state index contributed by atoms with van der Waals surface area (Å²) in [5, 5.41) is 0.829. The molecule has 1 saturated carbocycles. The lowest BCUT2D eigenvalue weighted by atomic mass is 10.1. The van der Waals surface area contributed by atoms with E-state index in [0.29, 0.717) is 28.3 Å². The zero-order valence-corrected chi connectivity index (χ0v) is 13.6. The molecule has 6 heteroatoms. The summed E-state index contributed by atoms with van der Waals surface area (Å²) in [7, 11) is 0. The van der Waals surface area contributed by atoms with E-state index in [1.165, 1.54) is 12.8 Å². The smallest absolute Gasteiger partial charge is 0.341 e. The molecule has 1 aromatic carbocycles. The average molecular weight is 331 g/mol. The monoisotopic (exact) mass is 331 g/mol. The summed E-state index contributed by atoms with van der Waals surface area (Å²) >= 11 is 5.53. The normalized spacial score (nSPS) is 15.9. The SMILES string of the molecule is CCOC(=O)c1cn(CC2CC2)c2cc3c(cc2c1=S)OCO3. The Labute approximate surface area is 138 Å². The van der Waals surface area contributed by atoms with Gasteiger partial charge in [-0.1, -0.05) is 12.2 Å². The highest BCUT2D eigenvalue weighted by Crippen LogP contribution is 2.38. The summed E-state index contributed by atoms with van der Waals surface area (Å²) in [6.07, 6.45) is 4.27. The zero-order valence-electron chi connectivity index (χ0n) is 12.8. The predicted octanol–water partition coefficient (Wildman–Crippen LogP) is 3.69. The number of carbonyl (C=O) groups excluding carboxylic acids is 1. The van der Waals surface area contributed by atoms with Crippen molar-refractivity contribution in [1.82, 2.24) is 4.57 Å². The number of esters is 1. The number of hydrogen-bond acceptors (Lipinski definition) is 5. The number of carbonyl (C=O) groups is 1. The van der Waals surface area contributed by atoms with Crippen LogP contribution in [0.5, 0.6) is 11.5 Å². The first-order valence-electron chi connectivity index (χ1n) is 7.81. The molecule has 5 nitrogen and oxygen atoms in total. The number of ether oxygens (including phenoxy) is 3. The zero-order chi connectivity index (χ0) is 16.0. The fourth-order valence-electron chi connectivity index (χ4n) is 2.86. The van der Waals surface area contributed by atoms with Gasteiger partial charge in [0, 0.05) is 24.2 Å². The van der Waals surface area contributed by atoms with Crippen LogP contribution in [0.1, 0.15) is 30.1 Å². The van der Waals surface area contributed by atoms with Crippen LogP contribution in [0.2, 0.25) is 0 Å². The van der Waals surface area contributed by atoms with Crippen LogP contribution in [-0.4, -0.2) is 23.9 Å². The van der Waals surface area contributed by atoms with Crippen LogP contribution in [0.15, 0.2) is 18.3 Å². The van der Waals surface area contributed by atoms with Crippen molar-refractivity contribution in [3.05, 3.63) is 28.4 Å². The Morgan fingerprint density at radius 1 is 1.35 bits per heavy atom. The summed E-state index contributed by atoms with van der Waals surface area (Å²) in [5.74, 6) is 1.68. The van der Waals surface area contributed by atoms with Crippen molar-refractivity contribution in [2.24, 2.45) is 5.92 Å². The van der Waals surface area contributed by atoms with Gasteiger partial charge in [-0.15, -0.1) is 0 Å². The van der Waals surface area contributed by atoms with Crippen LogP contribution >= 0.6 is 12.2 Å². The van der Waals surface area contributed by atoms with E-state index >= 15 is 0 Å². The lowest BCUT2D eigenvalue weighted by Gasteiger charge is -2.14. The van der Waals surface area contributed by atoms with Gasteiger partial charge in [-0.2, -0.15) is 0 Å². The Balaban J connectivity index is 1.93. The number of benzene rings is 1. The summed E-state index contributed by atoms with van der Waals surface area (Å²) in [4.78, 5) is 12.2. The van der Waals surface area contributed by atoms with Crippen molar-refractivity contribution in [2.45, 2.75) is 26.3 Å². The molecular weight excluding hydrogens is 314 g/mol. The highest BCUT2D eigenvalue weighted by Gasteiger charge is 2.25. The third kappa shape index (κ3) is 2.57. The maximum atomic E-state index is 12.2. The average Bonchev–Trinajstić information content (AvgIpc) is 3.23. The molecule has 0 saturated heterocycles. The summed E-state index contributed by atoms with van der Waals surface area (Å²) in [6, 6.07) is 3.82. The maximum Gasteiger partial charge on any atom is 0.341 e. The van der Waals surface area contributed by atoms with E-state index in [1.807, 2.05) is 18.3 Å². The van der Waals surface area contributed by atoms with Crippen LogP contribution < -0.4 is 9.47 Å². The first-order chi connectivity index (χ1) is 11.2. The Kier molecular flexibility index (Phi) is 3.49. The van der Waals surface area contributed by atoms with E-state index in [9.17, 15) is 4.79 Å². The van der Waals surface area contributed by atoms with Crippen molar-refractivity contribution in [3.63, 3.8) is 0 Å². The van der Waals surface area contributed by atoms with Gasteiger partial charge < -0.3 is 18.8 Å². The maximum absolute atomic E-state index is 12.2. The van der Waals surface area contributed by atoms with E-state index in [4.69, 9.17) is 26.4 Å². The molecule has 0 atom stereocenters. The van der Waals surface area contributed by atoms with Crippen molar-refractivity contribution < 1.29 is 19.0 Å². The second kappa shape index (κ2) is 5.53. The second-order valence-corrected chi connectivity index (χ2v) is 6.32.